The molecule has 0 spiro atoms. The lowest BCUT2D eigenvalue weighted by Gasteiger charge is -2.28. The Morgan fingerprint density at radius 2 is 1.75 bits per heavy atom. The summed E-state index contributed by atoms with van der Waals surface area (Å²) >= 11 is 7.75. The van der Waals surface area contributed by atoms with E-state index in [9.17, 15) is 18.0 Å². The van der Waals surface area contributed by atoms with Crippen molar-refractivity contribution in [2.45, 2.75) is 25.6 Å². The molecule has 0 radical (unpaired) electrons. The summed E-state index contributed by atoms with van der Waals surface area (Å²) < 4.78 is 39.3. The van der Waals surface area contributed by atoms with E-state index in [0.717, 1.165) is 13.8 Å². The van der Waals surface area contributed by atoms with E-state index in [1.54, 1.807) is 24.3 Å². The van der Waals surface area contributed by atoms with E-state index in [2.05, 4.69) is 4.98 Å². The first-order valence-corrected chi connectivity index (χ1v) is 8.28. The van der Waals surface area contributed by atoms with Gasteiger partial charge in [0, 0.05) is 16.1 Å². The SMILES string of the molecule is CC(C)(NC(=O)c1cc(I)nc(-c2ccc(Cl)cc2)c1)C(F)(F)F. The molecule has 0 saturated carbocycles. The van der Waals surface area contributed by atoms with Crippen LogP contribution in [-0.2, 0) is 0 Å². The highest BCUT2D eigenvalue weighted by Crippen LogP contribution is 2.30. The number of pyridine rings is 1. The van der Waals surface area contributed by atoms with Crippen LogP contribution in [0.5, 0.6) is 0 Å². The van der Waals surface area contributed by atoms with Crippen LogP contribution in [0.3, 0.4) is 0 Å². The molecular formula is C16H13ClF3IN2O. The maximum absolute atomic E-state index is 12.9. The highest BCUT2D eigenvalue weighted by atomic mass is 127. The summed E-state index contributed by atoms with van der Waals surface area (Å²) in [5.74, 6) is -0.812. The molecule has 2 rings (SSSR count). The molecule has 1 aromatic heterocycles. The van der Waals surface area contributed by atoms with Crippen molar-refractivity contribution in [1.82, 2.24) is 10.3 Å². The minimum absolute atomic E-state index is 0.108. The van der Waals surface area contributed by atoms with Gasteiger partial charge in [-0.05, 0) is 60.7 Å². The highest BCUT2D eigenvalue weighted by molar-refractivity contribution is 14.1. The summed E-state index contributed by atoms with van der Waals surface area (Å²) in [6.45, 7) is 1.83. The minimum atomic E-state index is -4.55. The van der Waals surface area contributed by atoms with Gasteiger partial charge in [-0.15, -0.1) is 0 Å². The highest BCUT2D eigenvalue weighted by Gasteiger charge is 2.48. The van der Waals surface area contributed by atoms with E-state index in [1.807, 2.05) is 27.9 Å². The summed E-state index contributed by atoms with van der Waals surface area (Å²) in [5, 5.41) is 2.56. The Morgan fingerprint density at radius 3 is 2.29 bits per heavy atom. The molecule has 0 saturated heterocycles. The number of nitrogens with one attached hydrogen (secondary N) is 1. The molecule has 0 unspecified atom stereocenters. The molecular weight excluding hydrogens is 456 g/mol. The first kappa shape index (κ1) is 19.0. The molecule has 1 heterocycles. The lowest BCUT2D eigenvalue weighted by atomic mass is 10.0. The zero-order valence-electron chi connectivity index (χ0n) is 12.7. The van der Waals surface area contributed by atoms with E-state index >= 15 is 0 Å². The van der Waals surface area contributed by atoms with Gasteiger partial charge >= 0.3 is 6.18 Å². The van der Waals surface area contributed by atoms with Gasteiger partial charge in [-0.1, -0.05) is 23.7 Å². The second-order valence-electron chi connectivity index (χ2n) is 5.65. The summed E-state index contributed by atoms with van der Waals surface area (Å²) in [7, 11) is 0. The zero-order valence-corrected chi connectivity index (χ0v) is 15.6. The number of nitrogens with zero attached hydrogens (tertiary/aromatic N) is 1. The Labute approximate surface area is 155 Å². The van der Waals surface area contributed by atoms with E-state index in [-0.39, 0.29) is 5.56 Å². The van der Waals surface area contributed by atoms with Crippen LogP contribution in [-0.4, -0.2) is 22.6 Å². The second-order valence-corrected chi connectivity index (χ2v) is 7.19. The van der Waals surface area contributed by atoms with Gasteiger partial charge < -0.3 is 5.32 Å². The van der Waals surface area contributed by atoms with E-state index in [1.165, 1.54) is 12.1 Å². The van der Waals surface area contributed by atoms with Gasteiger partial charge in [-0.25, -0.2) is 4.98 Å². The molecule has 0 atom stereocenters. The van der Waals surface area contributed by atoms with E-state index < -0.39 is 17.6 Å². The Balaban J connectivity index is 2.35. The maximum atomic E-state index is 12.9. The molecule has 128 valence electrons. The standard InChI is InChI=1S/C16H13ClF3IN2O/c1-15(2,16(18,19)20)23-14(24)10-7-12(22-13(21)8-10)9-3-5-11(17)6-4-9/h3-8H,1-2H3,(H,23,24). The number of aromatic nitrogens is 1. The van der Waals surface area contributed by atoms with Crippen LogP contribution in [0.1, 0.15) is 24.2 Å². The third-order valence-electron chi connectivity index (χ3n) is 3.33. The minimum Gasteiger partial charge on any atom is -0.338 e. The average Bonchev–Trinajstić information content (AvgIpc) is 2.45. The number of hydrogen-bond acceptors (Lipinski definition) is 2. The van der Waals surface area contributed by atoms with Crippen molar-refractivity contribution in [2.75, 3.05) is 0 Å². The third-order valence-corrected chi connectivity index (χ3v) is 4.14. The number of carbonyl (C=O) groups excluding carboxylic acids is 1. The topological polar surface area (TPSA) is 42.0 Å². The number of alkyl halides is 3. The number of halogens is 5. The van der Waals surface area contributed by atoms with Gasteiger partial charge in [0.2, 0.25) is 0 Å². The molecule has 2 aromatic rings. The molecule has 1 aromatic carbocycles. The predicted octanol–water partition coefficient (Wildman–Crippen LogP) is 5.08. The molecule has 0 aliphatic heterocycles. The fourth-order valence-corrected chi connectivity index (χ4v) is 2.54. The van der Waals surface area contributed by atoms with Gasteiger partial charge in [-0.3, -0.25) is 4.79 Å². The van der Waals surface area contributed by atoms with Crippen LogP contribution in [0.15, 0.2) is 36.4 Å². The van der Waals surface area contributed by atoms with Crippen molar-refractivity contribution < 1.29 is 18.0 Å². The van der Waals surface area contributed by atoms with Gasteiger partial charge in [0.05, 0.1) is 5.69 Å². The van der Waals surface area contributed by atoms with Gasteiger partial charge in [0.15, 0.2) is 0 Å². The van der Waals surface area contributed by atoms with Crippen molar-refractivity contribution in [3.05, 3.63) is 50.7 Å². The van der Waals surface area contributed by atoms with Crippen LogP contribution in [0.2, 0.25) is 5.02 Å². The van der Waals surface area contributed by atoms with Gasteiger partial charge in [0.25, 0.3) is 5.91 Å². The quantitative estimate of drug-likeness (QED) is 0.504. The molecule has 1 amide bonds. The fourth-order valence-electron chi connectivity index (χ4n) is 1.82. The van der Waals surface area contributed by atoms with Gasteiger partial charge in [-0.2, -0.15) is 13.2 Å². The number of rotatable bonds is 3. The largest absolute Gasteiger partial charge is 0.410 e. The van der Waals surface area contributed by atoms with Crippen molar-refractivity contribution in [2.24, 2.45) is 0 Å². The maximum Gasteiger partial charge on any atom is 0.410 e. The molecule has 0 fully saturated rings. The fraction of sp³-hybridized carbons (Fsp3) is 0.250. The van der Waals surface area contributed by atoms with Crippen molar-refractivity contribution in [1.29, 1.82) is 0 Å². The monoisotopic (exact) mass is 468 g/mol. The Kier molecular flexibility index (Phi) is 5.44. The Hall–Kier alpha value is -1.35. The van der Waals surface area contributed by atoms with Crippen molar-refractivity contribution >= 4 is 40.1 Å². The van der Waals surface area contributed by atoms with E-state index in [0.29, 0.717) is 20.0 Å². The molecule has 3 nitrogen and oxygen atoms in total. The summed E-state index contributed by atoms with van der Waals surface area (Å²) in [4.78, 5) is 16.5. The number of carbonyl (C=O) groups is 1. The van der Waals surface area contributed by atoms with Crippen LogP contribution in [0.4, 0.5) is 13.2 Å². The lowest BCUT2D eigenvalue weighted by molar-refractivity contribution is -0.182. The van der Waals surface area contributed by atoms with Gasteiger partial charge in [0.1, 0.15) is 9.24 Å². The van der Waals surface area contributed by atoms with Crippen molar-refractivity contribution in [3.8, 4) is 11.3 Å². The second kappa shape index (κ2) is 6.87. The molecule has 0 aliphatic rings. The summed E-state index contributed by atoms with van der Waals surface area (Å²) in [6.07, 6.45) is -4.55. The summed E-state index contributed by atoms with van der Waals surface area (Å²) in [6, 6.07) is 9.68. The normalized spacial score (nSPS) is 12.1. The molecule has 0 bridgehead atoms. The van der Waals surface area contributed by atoms with Crippen molar-refractivity contribution in [3.63, 3.8) is 0 Å². The number of benzene rings is 1. The first-order chi connectivity index (χ1) is 11.0. The predicted molar refractivity (Wildman–Crippen MR) is 95.0 cm³/mol. The Morgan fingerprint density at radius 1 is 1.17 bits per heavy atom. The number of amides is 1. The third kappa shape index (κ3) is 4.38. The lowest BCUT2D eigenvalue weighted by Crippen LogP contribution is -2.54. The van der Waals surface area contributed by atoms with Crippen LogP contribution < -0.4 is 5.32 Å². The Bertz CT molecular complexity index is 761. The molecule has 0 aliphatic carbocycles. The summed E-state index contributed by atoms with van der Waals surface area (Å²) in [5.41, 5.74) is -1.04. The van der Waals surface area contributed by atoms with Crippen LogP contribution in [0, 0.1) is 3.70 Å². The molecule has 1 N–H and O–H groups in total. The number of hydrogen-bond donors (Lipinski definition) is 1. The van der Waals surface area contributed by atoms with Crippen LogP contribution in [0.25, 0.3) is 11.3 Å². The van der Waals surface area contributed by atoms with E-state index in [4.69, 9.17) is 11.6 Å². The molecule has 8 heteroatoms. The smallest absolute Gasteiger partial charge is 0.338 e. The van der Waals surface area contributed by atoms with Crippen LogP contribution >= 0.6 is 34.2 Å². The zero-order chi connectivity index (χ0) is 18.1. The first-order valence-electron chi connectivity index (χ1n) is 6.82. The average molecular weight is 469 g/mol. The molecule has 24 heavy (non-hydrogen) atoms.